The van der Waals surface area contributed by atoms with E-state index in [0.29, 0.717) is 6.04 Å². The number of likely N-dealkylation sites (N-methyl/N-ethyl adjacent to an activating group) is 1. The summed E-state index contributed by atoms with van der Waals surface area (Å²) in [4.78, 5) is 2.32. The highest BCUT2D eigenvalue weighted by molar-refractivity contribution is 7.89. The zero-order valence-electron chi connectivity index (χ0n) is 12.5. The fourth-order valence-corrected chi connectivity index (χ4v) is 2.48. The summed E-state index contributed by atoms with van der Waals surface area (Å²) in [6.07, 6.45) is 0. The van der Waals surface area contributed by atoms with E-state index in [-0.39, 0.29) is 10.6 Å². The van der Waals surface area contributed by atoms with Gasteiger partial charge in [0.05, 0.1) is 5.69 Å². The standard InChI is InChI=1S/C13H24N4O2S/c1-10(2)17(4)8-7-16-11-5-6-13(12(14)9-11)20(18,19)15-3/h5-6,9-10,15-16H,7-8,14H2,1-4H3. The Hall–Kier alpha value is -1.31. The van der Waals surface area contributed by atoms with Crippen LogP contribution in [0.4, 0.5) is 11.4 Å². The van der Waals surface area contributed by atoms with Crippen molar-refractivity contribution in [2.75, 3.05) is 38.2 Å². The molecule has 4 N–H and O–H groups in total. The number of hydrogen-bond acceptors (Lipinski definition) is 5. The predicted molar refractivity (Wildman–Crippen MR) is 83.4 cm³/mol. The molecular formula is C13H24N4O2S. The van der Waals surface area contributed by atoms with Crippen LogP contribution in [0.15, 0.2) is 23.1 Å². The Morgan fingerprint density at radius 2 is 2.00 bits per heavy atom. The highest BCUT2D eigenvalue weighted by Gasteiger charge is 2.15. The van der Waals surface area contributed by atoms with Crippen molar-refractivity contribution >= 4 is 21.4 Å². The molecule has 0 fully saturated rings. The molecular weight excluding hydrogens is 276 g/mol. The molecule has 0 radical (unpaired) electrons. The molecule has 0 aromatic heterocycles. The molecule has 6 nitrogen and oxygen atoms in total. The normalized spacial score (nSPS) is 12.1. The molecule has 0 bridgehead atoms. The molecule has 0 aliphatic rings. The summed E-state index contributed by atoms with van der Waals surface area (Å²) in [5.41, 5.74) is 6.85. The van der Waals surface area contributed by atoms with Crippen molar-refractivity contribution < 1.29 is 8.42 Å². The number of nitrogens with two attached hydrogens (primary N) is 1. The maximum absolute atomic E-state index is 11.7. The van der Waals surface area contributed by atoms with Gasteiger partial charge in [0, 0.05) is 24.8 Å². The number of anilines is 2. The molecule has 0 spiro atoms. The van der Waals surface area contributed by atoms with Gasteiger partial charge in [0.2, 0.25) is 10.0 Å². The van der Waals surface area contributed by atoms with Crippen molar-refractivity contribution in [3.05, 3.63) is 18.2 Å². The number of rotatable bonds is 7. The van der Waals surface area contributed by atoms with Gasteiger partial charge in [0.15, 0.2) is 0 Å². The Bertz CT molecular complexity index is 543. The van der Waals surface area contributed by atoms with Crippen molar-refractivity contribution in [2.24, 2.45) is 0 Å². The molecule has 0 amide bonds. The summed E-state index contributed by atoms with van der Waals surface area (Å²) >= 11 is 0. The van der Waals surface area contributed by atoms with E-state index >= 15 is 0 Å². The third-order valence-corrected chi connectivity index (χ3v) is 4.73. The summed E-state index contributed by atoms with van der Waals surface area (Å²) in [5.74, 6) is 0. The summed E-state index contributed by atoms with van der Waals surface area (Å²) in [7, 11) is -0.0792. The van der Waals surface area contributed by atoms with Crippen LogP contribution in [0.25, 0.3) is 0 Å². The van der Waals surface area contributed by atoms with Gasteiger partial charge in [0.1, 0.15) is 4.90 Å². The molecule has 7 heteroatoms. The summed E-state index contributed by atoms with van der Waals surface area (Å²) < 4.78 is 25.6. The van der Waals surface area contributed by atoms with Crippen LogP contribution in [0.2, 0.25) is 0 Å². The van der Waals surface area contributed by atoms with Crippen molar-refractivity contribution in [3.63, 3.8) is 0 Å². The minimum Gasteiger partial charge on any atom is -0.398 e. The third kappa shape index (κ3) is 4.36. The van der Waals surface area contributed by atoms with Crippen LogP contribution < -0.4 is 15.8 Å². The molecule has 0 unspecified atom stereocenters. The van der Waals surface area contributed by atoms with Crippen LogP contribution in [0, 0.1) is 0 Å². The van der Waals surface area contributed by atoms with Gasteiger partial charge in [0.25, 0.3) is 0 Å². The molecule has 0 heterocycles. The average Bonchev–Trinajstić information content (AvgIpc) is 2.38. The Morgan fingerprint density at radius 3 is 2.50 bits per heavy atom. The number of benzene rings is 1. The Kier molecular flexibility index (Phi) is 5.79. The summed E-state index contributed by atoms with van der Waals surface area (Å²) in [6.45, 7) is 5.94. The maximum Gasteiger partial charge on any atom is 0.242 e. The van der Waals surface area contributed by atoms with Gasteiger partial charge in [-0.2, -0.15) is 0 Å². The lowest BCUT2D eigenvalue weighted by molar-refractivity contribution is 0.284. The smallest absolute Gasteiger partial charge is 0.242 e. The minimum atomic E-state index is -3.50. The molecule has 114 valence electrons. The van der Waals surface area contributed by atoms with Crippen molar-refractivity contribution in [3.8, 4) is 0 Å². The van der Waals surface area contributed by atoms with Gasteiger partial charge in [-0.05, 0) is 46.1 Å². The number of nitrogens with one attached hydrogen (secondary N) is 2. The highest BCUT2D eigenvalue weighted by Crippen LogP contribution is 2.22. The van der Waals surface area contributed by atoms with Crippen LogP contribution in [0.5, 0.6) is 0 Å². The van der Waals surface area contributed by atoms with Crippen molar-refractivity contribution in [1.82, 2.24) is 9.62 Å². The monoisotopic (exact) mass is 300 g/mol. The number of nitrogen functional groups attached to an aromatic ring is 1. The van der Waals surface area contributed by atoms with Crippen LogP contribution >= 0.6 is 0 Å². The fraction of sp³-hybridized carbons (Fsp3) is 0.538. The van der Waals surface area contributed by atoms with E-state index in [1.54, 1.807) is 12.1 Å². The van der Waals surface area contributed by atoms with Gasteiger partial charge in [-0.1, -0.05) is 0 Å². The van der Waals surface area contributed by atoms with E-state index in [4.69, 9.17) is 5.73 Å². The number of sulfonamides is 1. The molecule has 1 rings (SSSR count). The van der Waals surface area contributed by atoms with E-state index in [1.165, 1.54) is 13.1 Å². The van der Waals surface area contributed by atoms with Gasteiger partial charge in [-0.25, -0.2) is 13.1 Å². The molecule has 0 saturated carbocycles. The van der Waals surface area contributed by atoms with Crippen LogP contribution in [-0.4, -0.2) is 46.5 Å². The lowest BCUT2D eigenvalue weighted by Crippen LogP contribution is -2.31. The quantitative estimate of drug-likeness (QED) is 0.652. The van der Waals surface area contributed by atoms with Crippen LogP contribution in [0.3, 0.4) is 0 Å². The Labute approximate surface area is 121 Å². The second-order valence-electron chi connectivity index (χ2n) is 4.96. The van der Waals surface area contributed by atoms with E-state index in [2.05, 4.69) is 35.8 Å². The topological polar surface area (TPSA) is 87.5 Å². The van der Waals surface area contributed by atoms with Gasteiger partial charge in [-0.3, -0.25) is 0 Å². The third-order valence-electron chi connectivity index (χ3n) is 3.24. The first-order chi connectivity index (χ1) is 9.27. The van der Waals surface area contributed by atoms with Crippen molar-refractivity contribution in [2.45, 2.75) is 24.8 Å². The zero-order chi connectivity index (χ0) is 15.3. The van der Waals surface area contributed by atoms with Crippen LogP contribution in [-0.2, 0) is 10.0 Å². The van der Waals surface area contributed by atoms with Gasteiger partial charge >= 0.3 is 0 Å². The fourth-order valence-electron chi connectivity index (χ4n) is 1.65. The van der Waals surface area contributed by atoms with E-state index < -0.39 is 10.0 Å². The van der Waals surface area contributed by atoms with Gasteiger partial charge in [-0.15, -0.1) is 0 Å². The first kappa shape index (κ1) is 16.7. The second-order valence-corrected chi connectivity index (χ2v) is 6.82. The Balaban J connectivity index is 2.69. The summed E-state index contributed by atoms with van der Waals surface area (Å²) in [5, 5.41) is 3.23. The van der Waals surface area contributed by atoms with E-state index in [1.807, 2.05) is 0 Å². The molecule has 20 heavy (non-hydrogen) atoms. The Morgan fingerprint density at radius 1 is 1.35 bits per heavy atom. The molecule has 0 aliphatic carbocycles. The predicted octanol–water partition coefficient (Wildman–Crippen LogP) is 0.929. The molecule has 0 aliphatic heterocycles. The highest BCUT2D eigenvalue weighted by atomic mass is 32.2. The lowest BCUT2D eigenvalue weighted by Gasteiger charge is -2.21. The van der Waals surface area contributed by atoms with Gasteiger partial charge < -0.3 is 16.0 Å². The number of nitrogens with zero attached hydrogens (tertiary/aromatic N) is 1. The zero-order valence-corrected chi connectivity index (χ0v) is 13.3. The van der Waals surface area contributed by atoms with E-state index in [9.17, 15) is 8.42 Å². The maximum atomic E-state index is 11.7. The first-order valence-corrected chi connectivity index (χ1v) is 8.03. The molecule has 0 saturated heterocycles. The number of hydrogen-bond donors (Lipinski definition) is 3. The molecule has 1 aromatic rings. The minimum absolute atomic E-state index is 0.102. The first-order valence-electron chi connectivity index (χ1n) is 6.55. The molecule has 1 aromatic carbocycles. The molecule has 0 atom stereocenters. The second kappa shape index (κ2) is 6.92. The SMILES string of the molecule is CNS(=O)(=O)c1ccc(NCCN(C)C(C)C)cc1N. The van der Waals surface area contributed by atoms with Crippen LogP contribution in [0.1, 0.15) is 13.8 Å². The average molecular weight is 300 g/mol. The summed E-state index contributed by atoms with van der Waals surface area (Å²) in [6, 6.07) is 5.36. The van der Waals surface area contributed by atoms with E-state index in [0.717, 1.165) is 18.8 Å². The van der Waals surface area contributed by atoms with Crippen molar-refractivity contribution in [1.29, 1.82) is 0 Å². The lowest BCUT2D eigenvalue weighted by atomic mass is 10.3. The largest absolute Gasteiger partial charge is 0.398 e.